The van der Waals surface area contributed by atoms with E-state index in [0.717, 1.165) is 21.7 Å². The topological polar surface area (TPSA) is 32.7 Å². The summed E-state index contributed by atoms with van der Waals surface area (Å²) in [5, 5.41) is 0. The molecule has 0 fully saturated rings. The van der Waals surface area contributed by atoms with Crippen LogP contribution in [0.3, 0.4) is 0 Å². The van der Waals surface area contributed by atoms with Crippen LogP contribution in [0.15, 0.2) is 57.8 Å². The fourth-order valence-electron chi connectivity index (χ4n) is 1.68. The first-order valence-corrected chi connectivity index (χ1v) is 7.47. The van der Waals surface area contributed by atoms with Gasteiger partial charge in [0.2, 0.25) is 0 Å². The van der Waals surface area contributed by atoms with Crippen molar-refractivity contribution in [3.05, 3.63) is 59.7 Å². The standard InChI is InChI=1S/C16H18N2OS/c1-13-4-10-16(11-5-13)20(19)17-12-14-6-8-15(9-7-14)18(2)3/h4-12H,1-3H3/b17-12+. The molecular formula is C16H18N2OS. The molecule has 0 bridgehead atoms. The fraction of sp³-hybridized carbons (Fsp3) is 0.188. The lowest BCUT2D eigenvalue weighted by Gasteiger charge is -2.11. The van der Waals surface area contributed by atoms with E-state index in [1.54, 1.807) is 6.21 Å². The van der Waals surface area contributed by atoms with Crippen molar-refractivity contribution in [2.45, 2.75) is 11.8 Å². The summed E-state index contributed by atoms with van der Waals surface area (Å²) in [6.07, 6.45) is 1.65. The van der Waals surface area contributed by atoms with Crippen molar-refractivity contribution in [3.63, 3.8) is 0 Å². The molecule has 0 saturated carbocycles. The second-order valence-electron chi connectivity index (χ2n) is 4.78. The van der Waals surface area contributed by atoms with Gasteiger partial charge in [-0.25, -0.2) is 4.21 Å². The van der Waals surface area contributed by atoms with E-state index >= 15 is 0 Å². The average Bonchev–Trinajstić information content (AvgIpc) is 2.46. The molecular weight excluding hydrogens is 268 g/mol. The molecule has 3 nitrogen and oxygen atoms in total. The quantitative estimate of drug-likeness (QED) is 0.809. The Morgan fingerprint density at radius 1 is 1.00 bits per heavy atom. The third kappa shape index (κ3) is 3.78. The van der Waals surface area contributed by atoms with Gasteiger partial charge in [-0.05, 0) is 36.8 Å². The molecule has 0 saturated heterocycles. The maximum absolute atomic E-state index is 12.0. The van der Waals surface area contributed by atoms with Gasteiger partial charge >= 0.3 is 0 Å². The Hall–Kier alpha value is -1.94. The maximum Gasteiger partial charge on any atom is 0.172 e. The molecule has 20 heavy (non-hydrogen) atoms. The first-order valence-electron chi connectivity index (χ1n) is 6.36. The number of hydrogen-bond acceptors (Lipinski definition) is 2. The van der Waals surface area contributed by atoms with Crippen LogP contribution in [0.5, 0.6) is 0 Å². The molecule has 0 spiro atoms. The van der Waals surface area contributed by atoms with E-state index < -0.39 is 11.0 Å². The van der Waals surface area contributed by atoms with Gasteiger partial charge in [-0.1, -0.05) is 29.8 Å². The van der Waals surface area contributed by atoms with Crippen molar-refractivity contribution in [1.29, 1.82) is 0 Å². The number of anilines is 1. The first kappa shape index (κ1) is 14.5. The molecule has 0 aliphatic rings. The Kier molecular flexibility index (Phi) is 4.69. The molecule has 0 heterocycles. The highest BCUT2D eigenvalue weighted by atomic mass is 32.2. The molecule has 2 aromatic carbocycles. The van der Waals surface area contributed by atoms with Gasteiger partial charge in [-0.15, -0.1) is 0 Å². The smallest absolute Gasteiger partial charge is 0.172 e. The van der Waals surface area contributed by atoms with Gasteiger partial charge < -0.3 is 4.90 Å². The van der Waals surface area contributed by atoms with E-state index in [9.17, 15) is 4.21 Å². The third-order valence-electron chi connectivity index (χ3n) is 2.93. The first-order chi connectivity index (χ1) is 9.56. The summed E-state index contributed by atoms with van der Waals surface area (Å²) in [7, 11) is 2.64. The van der Waals surface area contributed by atoms with Crippen LogP contribution in [-0.4, -0.2) is 24.5 Å². The lowest BCUT2D eigenvalue weighted by Crippen LogP contribution is -2.08. The summed E-state index contributed by atoms with van der Waals surface area (Å²) < 4.78 is 16.1. The summed E-state index contributed by atoms with van der Waals surface area (Å²) in [5.41, 5.74) is 3.21. The van der Waals surface area contributed by atoms with Crippen molar-refractivity contribution in [2.75, 3.05) is 19.0 Å². The van der Waals surface area contributed by atoms with E-state index in [4.69, 9.17) is 0 Å². The number of benzene rings is 2. The van der Waals surface area contributed by atoms with Gasteiger partial charge in [0, 0.05) is 26.0 Å². The van der Waals surface area contributed by atoms with E-state index in [0.29, 0.717) is 0 Å². The van der Waals surface area contributed by atoms with Gasteiger partial charge in [-0.2, -0.15) is 4.40 Å². The minimum absolute atomic E-state index is 0.719. The van der Waals surface area contributed by atoms with E-state index in [1.165, 1.54) is 0 Å². The van der Waals surface area contributed by atoms with Crippen LogP contribution in [-0.2, 0) is 11.0 Å². The Bertz CT molecular complexity index is 616. The van der Waals surface area contributed by atoms with Crippen LogP contribution in [0.1, 0.15) is 11.1 Å². The molecule has 0 N–H and O–H groups in total. The lowest BCUT2D eigenvalue weighted by atomic mass is 10.2. The van der Waals surface area contributed by atoms with Crippen LogP contribution in [0.4, 0.5) is 5.69 Å². The Morgan fingerprint density at radius 2 is 1.60 bits per heavy atom. The second kappa shape index (κ2) is 6.48. The lowest BCUT2D eigenvalue weighted by molar-refractivity contribution is 0.684. The highest BCUT2D eigenvalue weighted by molar-refractivity contribution is 7.83. The Labute approximate surface area is 122 Å². The summed E-state index contributed by atoms with van der Waals surface area (Å²) >= 11 is 0. The number of hydrogen-bond donors (Lipinski definition) is 0. The van der Waals surface area contributed by atoms with Crippen molar-refractivity contribution >= 4 is 22.9 Å². The molecule has 4 heteroatoms. The fourth-order valence-corrected chi connectivity index (χ4v) is 2.39. The zero-order chi connectivity index (χ0) is 14.5. The number of rotatable bonds is 4. The van der Waals surface area contributed by atoms with Gasteiger partial charge in [0.05, 0.1) is 4.90 Å². The predicted octanol–water partition coefficient (Wildman–Crippen LogP) is 3.20. The van der Waals surface area contributed by atoms with Crippen LogP contribution in [0, 0.1) is 6.92 Å². The zero-order valence-electron chi connectivity index (χ0n) is 11.9. The van der Waals surface area contributed by atoms with Crippen LogP contribution in [0.2, 0.25) is 0 Å². The average molecular weight is 286 g/mol. The summed E-state index contributed by atoms with van der Waals surface area (Å²) in [6.45, 7) is 2.00. The summed E-state index contributed by atoms with van der Waals surface area (Å²) in [5.74, 6) is 0. The molecule has 2 aromatic rings. The van der Waals surface area contributed by atoms with Crippen molar-refractivity contribution in [2.24, 2.45) is 4.40 Å². The van der Waals surface area contributed by atoms with Crippen molar-refractivity contribution in [3.8, 4) is 0 Å². The van der Waals surface area contributed by atoms with Crippen molar-refractivity contribution in [1.82, 2.24) is 0 Å². The number of nitrogens with zero attached hydrogens (tertiary/aromatic N) is 2. The van der Waals surface area contributed by atoms with Gasteiger partial charge in [0.1, 0.15) is 0 Å². The highest BCUT2D eigenvalue weighted by Crippen LogP contribution is 2.12. The maximum atomic E-state index is 12.0. The normalized spacial score (nSPS) is 12.6. The molecule has 0 aromatic heterocycles. The minimum Gasteiger partial charge on any atom is -0.378 e. The SMILES string of the molecule is Cc1ccc(S(=O)/N=C/c2ccc(N(C)C)cc2)cc1. The largest absolute Gasteiger partial charge is 0.378 e. The third-order valence-corrected chi connectivity index (χ3v) is 3.90. The second-order valence-corrected chi connectivity index (χ2v) is 5.96. The van der Waals surface area contributed by atoms with Crippen LogP contribution < -0.4 is 4.90 Å². The minimum atomic E-state index is -1.35. The van der Waals surface area contributed by atoms with E-state index in [1.807, 2.05) is 74.4 Å². The van der Waals surface area contributed by atoms with Gasteiger partial charge in [0.15, 0.2) is 11.0 Å². The molecule has 0 aliphatic carbocycles. The molecule has 0 radical (unpaired) electrons. The number of aryl methyl sites for hydroxylation is 1. The molecule has 2 rings (SSSR count). The van der Waals surface area contributed by atoms with E-state index in [-0.39, 0.29) is 0 Å². The van der Waals surface area contributed by atoms with E-state index in [2.05, 4.69) is 4.40 Å². The summed E-state index contributed by atoms with van der Waals surface area (Å²) in [4.78, 5) is 2.75. The molecule has 1 atom stereocenters. The summed E-state index contributed by atoms with van der Waals surface area (Å²) in [6, 6.07) is 15.5. The molecule has 0 aliphatic heterocycles. The van der Waals surface area contributed by atoms with Gasteiger partial charge in [0.25, 0.3) is 0 Å². The molecule has 0 amide bonds. The zero-order valence-corrected chi connectivity index (χ0v) is 12.7. The molecule has 104 valence electrons. The Balaban J connectivity index is 2.08. The highest BCUT2D eigenvalue weighted by Gasteiger charge is 2.00. The monoisotopic (exact) mass is 286 g/mol. The predicted molar refractivity (Wildman–Crippen MR) is 86.0 cm³/mol. The van der Waals surface area contributed by atoms with Crippen LogP contribution >= 0.6 is 0 Å². The Morgan fingerprint density at radius 3 is 2.15 bits per heavy atom. The molecule has 1 unspecified atom stereocenters. The van der Waals surface area contributed by atoms with Gasteiger partial charge in [-0.3, -0.25) is 0 Å². The van der Waals surface area contributed by atoms with Crippen molar-refractivity contribution < 1.29 is 4.21 Å². The van der Waals surface area contributed by atoms with Crippen LogP contribution in [0.25, 0.3) is 0 Å².